The monoisotopic (exact) mass is 376 g/mol. The van der Waals surface area contributed by atoms with E-state index in [9.17, 15) is 35.9 Å². The van der Waals surface area contributed by atoms with Crippen molar-refractivity contribution < 1.29 is 35.9 Å². The van der Waals surface area contributed by atoms with Gasteiger partial charge in [-0.2, -0.15) is 26.3 Å². The van der Waals surface area contributed by atoms with E-state index in [0.717, 1.165) is 6.07 Å². The molecule has 0 heterocycles. The first-order chi connectivity index (χ1) is 11.9. The number of primary amides is 1. The summed E-state index contributed by atoms with van der Waals surface area (Å²) in [7, 11) is 0. The Morgan fingerprint density at radius 1 is 0.808 bits per heavy atom. The SMILES string of the molecule is NC(=O)c1cccc(NC(=O)c2cc(C(F)(F)F)cc(C(F)(F)F)c2)c1. The van der Waals surface area contributed by atoms with Gasteiger partial charge in [0.15, 0.2) is 0 Å². The second-order valence-corrected chi connectivity index (χ2v) is 5.19. The summed E-state index contributed by atoms with van der Waals surface area (Å²) in [6, 6.07) is 5.63. The highest BCUT2D eigenvalue weighted by Gasteiger charge is 2.37. The zero-order chi connectivity index (χ0) is 19.7. The number of hydrogen-bond acceptors (Lipinski definition) is 2. The highest BCUT2D eigenvalue weighted by Crippen LogP contribution is 2.36. The van der Waals surface area contributed by atoms with Gasteiger partial charge in [-0.1, -0.05) is 6.07 Å². The predicted molar refractivity (Wildman–Crippen MR) is 79.4 cm³/mol. The van der Waals surface area contributed by atoms with Gasteiger partial charge in [0.1, 0.15) is 0 Å². The van der Waals surface area contributed by atoms with Crippen LogP contribution < -0.4 is 11.1 Å². The Hall–Kier alpha value is -3.04. The highest BCUT2D eigenvalue weighted by atomic mass is 19.4. The molecule has 0 fully saturated rings. The molecular weight excluding hydrogens is 366 g/mol. The van der Waals surface area contributed by atoms with E-state index < -0.39 is 40.9 Å². The van der Waals surface area contributed by atoms with Crippen LogP contribution in [-0.4, -0.2) is 11.8 Å². The van der Waals surface area contributed by atoms with E-state index in [1.54, 1.807) is 0 Å². The molecule has 0 saturated heterocycles. The van der Waals surface area contributed by atoms with Gasteiger partial charge in [-0.3, -0.25) is 9.59 Å². The van der Waals surface area contributed by atoms with Gasteiger partial charge in [-0.05, 0) is 36.4 Å². The van der Waals surface area contributed by atoms with Crippen molar-refractivity contribution >= 4 is 17.5 Å². The van der Waals surface area contributed by atoms with Gasteiger partial charge in [0.05, 0.1) is 11.1 Å². The van der Waals surface area contributed by atoms with Crippen molar-refractivity contribution in [3.63, 3.8) is 0 Å². The Balaban J connectivity index is 2.42. The van der Waals surface area contributed by atoms with Gasteiger partial charge in [0, 0.05) is 16.8 Å². The first kappa shape index (κ1) is 19.3. The maximum Gasteiger partial charge on any atom is 0.416 e. The molecule has 0 aliphatic carbocycles. The Bertz CT molecular complexity index is 826. The topological polar surface area (TPSA) is 72.2 Å². The smallest absolute Gasteiger partial charge is 0.366 e. The quantitative estimate of drug-likeness (QED) is 0.793. The van der Waals surface area contributed by atoms with Gasteiger partial charge >= 0.3 is 12.4 Å². The summed E-state index contributed by atoms with van der Waals surface area (Å²) in [5.41, 5.74) is 0.992. The molecule has 2 aromatic rings. The maximum atomic E-state index is 12.8. The van der Waals surface area contributed by atoms with Crippen molar-refractivity contribution in [3.05, 3.63) is 64.7 Å². The number of carbonyl (C=O) groups excluding carboxylic acids is 2. The van der Waals surface area contributed by atoms with Crippen LogP contribution >= 0.6 is 0 Å². The van der Waals surface area contributed by atoms with Gasteiger partial charge in [-0.15, -0.1) is 0 Å². The number of carbonyl (C=O) groups is 2. The lowest BCUT2D eigenvalue weighted by atomic mass is 10.0. The Morgan fingerprint density at radius 3 is 1.81 bits per heavy atom. The minimum Gasteiger partial charge on any atom is -0.366 e. The standard InChI is InChI=1S/C16H10F6N2O2/c17-15(18,19)10-4-9(5-11(7-10)16(20,21)22)14(26)24-12-3-1-2-8(6-12)13(23)25/h1-7H,(H2,23,25)(H,24,26). The molecular formula is C16H10F6N2O2. The number of halogens is 6. The number of amides is 2. The Kier molecular flexibility index (Phi) is 4.97. The first-order valence-electron chi connectivity index (χ1n) is 6.88. The van der Waals surface area contributed by atoms with E-state index in [4.69, 9.17) is 5.73 Å². The van der Waals surface area contributed by atoms with Gasteiger partial charge in [0.25, 0.3) is 5.91 Å². The molecule has 2 rings (SSSR count). The first-order valence-corrected chi connectivity index (χ1v) is 6.88. The largest absolute Gasteiger partial charge is 0.416 e. The third-order valence-electron chi connectivity index (χ3n) is 3.25. The molecule has 0 aliphatic heterocycles. The maximum absolute atomic E-state index is 12.8. The molecule has 138 valence electrons. The zero-order valence-corrected chi connectivity index (χ0v) is 12.7. The molecule has 0 aromatic heterocycles. The van der Waals surface area contributed by atoms with E-state index in [1.165, 1.54) is 18.2 Å². The summed E-state index contributed by atoms with van der Waals surface area (Å²) in [5, 5.41) is 2.13. The number of hydrogen-bond donors (Lipinski definition) is 2. The fourth-order valence-electron chi connectivity index (χ4n) is 2.04. The summed E-state index contributed by atoms with van der Waals surface area (Å²) in [4.78, 5) is 23.2. The molecule has 4 nitrogen and oxygen atoms in total. The van der Waals surface area contributed by atoms with Gasteiger partial charge in [-0.25, -0.2) is 0 Å². The molecule has 2 amide bonds. The van der Waals surface area contributed by atoms with E-state index >= 15 is 0 Å². The fraction of sp³-hybridized carbons (Fsp3) is 0.125. The van der Waals surface area contributed by atoms with Crippen LogP contribution in [0.2, 0.25) is 0 Å². The van der Waals surface area contributed by atoms with Crippen molar-refractivity contribution in [2.75, 3.05) is 5.32 Å². The van der Waals surface area contributed by atoms with Gasteiger partial charge in [0.2, 0.25) is 5.91 Å². The molecule has 0 radical (unpaired) electrons. The molecule has 10 heteroatoms. The molecule has 2 aromatic carbocycles. The summed E-state index contributed by atoms with van der Waals surface area (Å²) < 4.78 is 76.9. The van der Waals surface area contributed by atoms with Crippen LogP contribution in [0.25, 0.3) is 0 Å². The lowest BCUT2D eigenvalue weighted by molar-refractivity contribution is -0.143. The van der Waals surface area contributed by atoms with E-state index in [1.807, 2.05) is 0 Å². The Morgan fingerprint density at radius 2 is 1.35 bits per heavy atom. The van der Waals surface area contributed by atoms with Crippen LogP contribution in [0.5, 0.6) is 0 Å². The normalized spacial score (nSPS) is 11.9. The molecule has 0 unspecified atom stereocenters. The van der Waals surface area contributed by atoms with Crippen molar-refractivity contribution in [1.29, 1.82) is 0 Å². The summed E-state index contributed by atoms with van der Waals surface area (Å²) in [6.07, 6.45) is -10.1. The highest BCUT2D eigenvalue weighted by molar-refractivity contribution is 6.05. The van der Waals surface area contributed by atoms with Crippen LogP contribution in [0.15, 0.2) is 42.5 Å². The van der Waals surface area contributed by atoms with E-state index in [0.29, 0.717) is 12.1 Å². The number of nitrogens with two attached hydrogens (primary N) is 1. The van der Waals surface area contributed by atoms with Crippen LogP contribution in [0.3, 0.4) is 0 Å². The minimum absolute atomic E-state index is 0.00261. The minimum atomic E-state index is -5.07. The van der Waals surface area contributed by atoms with Crippen LogP contribution in [0, 0.1) is 0 Å². The van der Waals surface area contributed by atoms with Crippen molar-refractivity contribution in [1.82, 2.24) is 0 Å². The van der Waals surface area contributed by atoms with E-state index in [-0.39, 0.29) is 17.3 Å². The second kappa shape index (κ2) is 6.70. The number of alkyl halides is 6. The number of nitrogens with one attached hydrogen (secondary N) is 1. The zero-order valence-electron chi connectivity index (χ0n) is 12.7. The van der Waals surface area contributed by atoms with Crippen LogP contribution in [0.1, 0.15) is 31.8 Å². The third-order valence-corrected chi connectivity index (χ3v) is 3.25. The number of anilines is 1. The molecule has 0 aliphatic rings. The predicted octanol–water partition coefficient (Wildman–Crippen LogP) is 4.08. The molecule has 3 N–H and O–H groups in total. The second-order valence-electron chi connectivity index (χ2n) is 5.19. The lowest BCUT2D eigenvalue weighted by Gasteiger charge is -2.14. The van der Waals surface area contributed by atoms with Gasteiger partial charge < -0.3 is 11.1 Å². The molecule has 0 bridgehead atoms. The molecule has 0 spiro atoms. The lowest BCUT2D eigenvalue weighted by Crippen LogP contribution is -2.17. The molecule has 0 saturated carbocycles. The molecule has 26 heavy (non-hydrogen) atoms. The van der Waals surface area contributed by atoms with E-state index in [2.05, 4.69) is 5.32 Å². The third kappa shape index (κ3) is 4.52. The van der Waals surface area contributed by atoms with Crippen LogP contribution in [-0.2, 0) is 12.4 Å². The van der Waals surface area contributed by atoms with Crippen molar-refractivity contribution in [2.45, 2.75) is 12.4 Å². The summed E-state index contributed by atoms with van der Waals surface area (Å²) in [5.74, 6) is -2.03. The summed E-state index contributed by atoms with van der Waals surface area (Å²) in [6.45, 7) is 0. The average Bonchev–Trinajstić information content (AvgIpc) is 2.53. The van der Waals surface area contributed by atoms with Crippen molar-refractivity contribution in [3.8, 4) is 0 Å². The summed E-state index contributed by atoms with van der Waals surface area (Å²) >= 11 is 0. The Labute approximate surface area is 142 Å². The van der Waals surface area contributed by atoms with Crippen LogP contribution in [0.4, 0.5) is 32.0 Å². The average molecular weight is 376 g/mol. The van der Waals surface area contributed by atoms with Crippen molar-refractivity contribution in [2.24, 2.45) is 5.73 Å². The number of rotatable bonds is 3. The number of benzene rings is 2. The fourth-order valence-corrected chi connectivity index (χ4v) is 2.04. The molecule has 0 atom stereocenters.